The molecule has 0 saturated carbocycles. The summed E-state index contributed by atoms with van der Waals surface area (Å²) in [5, 5.41) is 14.9. The molecule has 6 heteroatoms. The van der Waals surface area contributed by atoms with E-state index in [1.54, 1.807) is 12.1 Å². The number of carboxylic acids is 1. The van der Waals surface area contributed by atoms with Gasteiger partial charge in [-0.05, 0) is 73.2 Å². The molecule has 0 aliphatic carbocycles. The maximum atomic E-state index is 13.4. The molecule has 1 unspecified atom stereocenters. The molecule has 1 atom stereocenters. The number of benzene rings is 2. The maximum absolute atomic E-state index is 13.4. The molecule has 150 valence electrons. The molecule has 2 aromatic carbocycles. The molecule has 2 heterocycles. The summed E-state index contributed by atoms with van der Waals surface area (Å²) in [5.74, 6) is -1.27. The van der Waals surface area contributed by atoms with E-state index in [4.69, 9.17) is 9.84 Å². The molecule has 0 spiro atoms. The SMILES string of the molecule is CC/C(=C\C(=O)O)c1ccc2c(c1)c(-c1ccc(F)cc1)nn2C1CCCCO1. The third-order valence-electron chi connectivity index (χ3n) is 5.30. The van der Waals surface area contributed by atoms with E-state index in [0.29, 0.717) is 13.0 Å². The third kappa shape index (κ3) is 3.93. The van der Waals surface area contributed by atoms with E-state index in [1.165, 1.54) is 18.2 Å². The molecule has 5 nitrogen and oxygen atoms in total. The molecule has 0 bridgehead atoms. The van der Waals surface area contributed by atoms with Crippen LogP contribution in [-0.4, -0.2) is 27.5 Å². The van der Waals surface area contributed by atoms with Gasteiger partial charge in [-0.15, -0.1) is 0 Å². The first kappa shape index (κ1) is 19.3. The van der Waals surface area contributed by atoms with Crippen molar-refractivity contribution in [3.05, 3.63) is 59.9 Å². The highest BCUT2D eigenvalue weighted by molar-refractivity contribution is 5.97. The maximum Gasteiger partial charge on any atom is 0.328 e. The largest absolute Gasteiger partial charge is 0.478 e. The van der Waals surface area contributed by atoms with Gasteiger partial charge in [0.25, 0.3) is 0 Å². The average molecular weight is 394 g/mol. The Bertz CT molecular complexity index is 1060. The summed E-state index contributed by atoms with van der Waals surface area (Å²) in [6.07, 6.45) is 4.73. The number of ether oxygens (including phenoxy) is 1. The highest BCUT2D eigenvalue weighted by Gasteiger charge is 2.22. The summed E-state index contributed by atoms with van der Waals surface area (Å²) in [5.41, 5.74) is 4.05. The number of aromatic nitrogens is 2. The Morgan fingerprint density at radius 3 is 2.72 bits per heavy atom. The van der Waals surface area contributed by atoms with Crippen LogP contribution in [-0.2, 0) is 9.53 Å². The van der Waals surface area contributed by atoms with Crippen LogP contribution in [0, 0.1) is 5.82 Å². The lowest BCUT2D eigenvalue weighted by Gasteiger charge is -2.23. The van der Waals surface area contributed by atoms with Crippen LogP contribution in [0.2, 0.25) is 0 Å². The Morgan fingerprint density at radius 2 is 2.07 bits per heavy atom. The molecule has 0 radical (unpaired) electrons. The standard InChI is InChI=1S/C23H23FN2O3/c1-2-15(14-22(27)28)17-8-11-20-19(13-17)23(16-6-9-18(24)10-7-16)25-26(20)21-5-3-4-12-29-21/h6-11,13-14,21H,2-5,12H2,1H3,(H,27,28)/b15-14+. The molecular weight excluding hydrogens is 371 g/mol. The number of carbonyl (C=O) groups is 1. The minimum absolute atomic E-state index is 0.133. The van der Waals surface area contributed by atoms with Gasteiger partial charge in [0.15, 0.2) is 6.23 Å². The second-order valence-corrected chi connectivity index (χ2v) is 7.21. The number of allylic oxidation sites excluding steroid dienone is 1. The first-order valence-electron chi connectivity index (χ1n) is 9.90. The van der Waals surface area contributed by atoms with Crippen molar-refractivity contribution in [2.24, 2.45) is 0 Å². The normalized spacial score (nSPS) is 17.6. The Balaban J connectivity index is 1.90. The van der Waals surface area contributed by atoms with Crippen LogP contribution in [0.25, 0.3) is 27.7 Å². The molecule has 1 aromatic heterocycles. The van der Waals surface area contributed by atoms with Crippen molar-refractivity contribution in [3.8, 4) is 11.3 Å². The first-order valence-corrected chi connectivity index (χ1v) is 9.90. The lowest BCUT2D eigenvalue weighted by molar-refractivity contribution is -0.131. The zero-order valence-corrected chi connectivity index (χ0v) is 16.3. The van der Waals surface area contributed by atoms with Crippen LogP contribution in [0.4, 0.5) is 4.39 Å². The highest BCUT2D eigenvalue weighted by Crippen LogP contribution is 2.35. The van der Waals surface area contributed by atoms with Crippen molar-refractivity contribution >= 4 is 22.4 Å². The van der Waals surface area contributed by atoms with Crippen LogP contribution >= 0.6 is 0 Å². The second kappa shape index (κ2) is 8.17. The van der Waals surface area contributed by atoms with Crippen molar-refractivity contribution in [3.63, 3.8) is 0 Å². The van der Waals surface area contributed by atoms with Crippen LogP contribution < -0.4 is 0 Å². The van der Waals surface area contributed by atoms with E-state index in [1.807, 2.05) is 29.8 Å². The van der Waals surface area contributed by atoms with Crippen molar-refractivity contribution in [1.29, 1.82) is 0 Å². The van der Waals surface area contributed by atoms with Crippen LogP contribution in [0.15, 0.2) is 48.5 Å². The lowest BCUT2D eigenvalue weighted by Crippen LogP contribution is -2.19. The van der Waals surface area contributed by atoms with Crippen LogP contribution in [0.3, 0.4) is 0 Å². The molecule has 0 amide bonds. The molecule has 1 aliphatic rings. The van der Waals surface area contributed by atoms with Gasteiger partial charge in [-0.2, -0.15) is 5.10 Å². The smallest absolute Gasteiger partial charge is 0.328 e. The number of carboxylic acid groups (broad SMARTS) is 1. The average Bonchev–Trinajstić information content (AvgIpc) is 3.12. The topological polar surface area (TPSA) is 64.3 Å². The van der Waals surface area contributed by atoms with E-state index in [9.17, 15) is 14.3 Å². The molecule has 1 saturated heterocycles. The Hall–Kier alpha value is -2.99. The lowest BCUT2D eigenvalue weighted by atomic mass is 9.99. The Morgan fingerprint density at radius 1 is 1.28 bits per heavy atom. The van der Waals surface area contributed by atoms with Gasteiger partial charge in [-0.25, -0.2) is 13.9 Å². The summed E-state index contributed by atoms with van der Waals surface area (Å²) < 4.78 is 21.3. The second-order valence-electron chi connectivity index (χ2n) is 7.21. The molecule has 3 aromatic rings. The van der Waals surface area contributed by atoms with Gasteiger partial charge in [0.2, 0.25) is 0 Å². The van der Waals surface area contributed by atoms with Crippen molar-refractivity contribution in [2.45, 2.75) is 38.8 Å². The van der Waals surface area contributed by atoms with E-state index in [0.717, 1.165) is 52.6 Å². The number of aliphatic carboxylic acids is 1. The van der Waals surface area contributed by atoms with Gasteiger partial charge in [-0.3, -0.25) is 0 Å². The number of rotatable bonds is 5. The summed E-state index contributed by atoms with van der Waals surface area (Å²) in [7, 11) is 0. The quantitative estimate of drug-likeness (QED) is 0.587. The third-order valence-corrected chi connectivity index (χ3v) is 5.30. The molecule has 4 rings (SSSR count). The number of nitrogens with zero attached hydrogens (tertiary/aromatic N) is 2. The van der Waals surface area contributed by atoms with E-state index >= 15 is 0 Å². The fraction of sp³-hybridized carbons (Fsp3) is 0.304. The number of fused-ring (bicyclic) bond motifs is 1. The number of halogens is 1. The number of hydrogen-bond acceptors (Lipinski definition) is 3. The molecule has 1 fully saturated rings. The van der Waals surface area contributed by atoms with Gasteiger partial charge in [-0.1, -0.05) is 13.0 Å². The summed E-state index contributed by atoms with van der Waals surface area (Å²) in [6, 6.07) is 12.1. The minimum atomic E-state index is -0.966. The predicted octanol–water partition coefficient (Wildman–Crippen LogP) is 5.42. The van der Waals surface area contributed by atoms with Gasteiger partial charge < -0.3 is 9.84 Å². The summed E-state index contributed by atoms with van der Waals surface area (Å²) in [6.45, 7) is 2.64. The van der Waals surface area contributed by atoms with Gasteiger partial charge in [0.1, 0.15) is 11.5 Å². The zero-order chi connectivity index (χ0) is 20.4. The van der Waals surface area contributed by atoms with Crippen molar-refractivity contribution in [1.82, 2.24) is 9.78 Å². The first-order chi connectivity index (χ1) is 14.1. The summed E-state index contributed by atoms with van der Waals surface area (Å²) >= 11 is 0. The molecule has 1 aliphatic heterocycles. The fourth-order valence-corrected chi connectivity index (χ4v) is 3.84. The van der Waals surface area contributed by atoms with Gasteiger partial charge in [0, 0.05) is 23.6 Å². The molecular formula is C23H23FN2O3. The Kier molecular flexibility index (Phi) is 5.45. The monoisotopic (exact) mass is 394 g/mol. The van der Waals surface area contributed by atoms with E-state index in [2.05, 4.69) is 0 Å². The summed E-state index contributed by atoms with van der Waals surface area (Å²) in [4.78, 5) is 11.2. The van der Waals surface area contributed by atoms with Crippen molar-refractivity contribution in [2.75, 3.05) is 6.61 Å². The van der Waals surface area contributed by atoms with Gasteiger partial charge >= 0.3 is 5.97 Å². The number of hydrogen-bond donors (Lipinski definition) is 1. The predicted molar refractivity (Wildman–Crippen MR) is 110 cm³/mol. The van der Waals surface area contributed by atoms with E-state index < -0.39 is 5.97 Å². The minimum Gasteiger partial charge on any atom is -0.478 e. The van der Waals surface area contributed by atoms with Crippen LogP contribution in [0.1, 0.15) is 44.4 Å². The highest BCUT2D eigenvalue weighted by atomic mass is 19.1. The van der Waals surface area contributed by atoms with Crippen molar-refractivity contribution < 1.29 is 19.0 Å². The molecule has 29 heavy (non-hydrogen) atoms. The van der Waals surface area contributed by atoms with Crippen LogP contribution in [0.5, 0.6) is 0 Å². The van der Waals surface area contributed by atoms with Gasteiger partial charge in [0.05, 0.1) is 5.52 Å². The fourth-order valence-electron chi connectivity index (χ4n) is 3.84. The zero-order valence-electron chi connectivity index (χ0n) is 16.3. The molecule has 1 N–H and O–H groups in total. The van der Waals surface area contributed by atoms with E-state index in [-0.39, 0.29) is 12.0 Å². The Labute approximate surface area is 168 Å².